The number of rotatable bonds is 5. The number of aliphatic imine (C=N–C) groups is 1. The van der Waals surface area contributed by atoms with E-state index in [1.807, 2.05) is 0 Å². The lowest BCUT2D eigenvalue weighted by molar-refractivity contribution is 0.0978. The summed E-state index contributed by atoms with van der Waals surface area (Å²) in [5.74, 6) is -1.25. The molecular formula is C20H17ClN4O4. The molecule has 0 aliphatic heterocycles. The maximum Gasteiger partial charge on any atom is 0.318 e. The molecule has 0 radical (unpaired) electrons. The van der Waals surface area contributed by atoms with Gasteiger partial charge in [-0.2, -0.15) is 4.99 Å². The van der Waals surface area contributed by atoms with Gasteiger partial charge >= 0.3 is 5.91 Å². The van der Waals surface area contributed by atoms with E-state index < -0.39 is 17.8 Å². The molecule has 1 heterocycles. The number of benzene rings is 2. The minimum atomic E-state index is -0.847. The van der Waals surface area contributed by atoms with E-state index in [4.69, 9.17) is 32.2 Å². The zero-order valence-corrected chi connectivity index (χ0v) is 16.1. The quantitative estimate of drug-likeness (QED) is 0.435. The van der Waals surface area contributed by atoms with Crippen LogP contribution in [0.15, 0.2) is 64.0 Å². The summed E-state index contributed by atoms with van der Waals surface area (Å²) in [6.45, 7) is 0. The summed E-state index contributed by atoms with van der Waals surface area (Å²) >= 11 is 6.08. The van der Waals surface area contributed by atoms with Gasteiger partial charge in [-0.1, -0.05) is 29.8 Å². The SMILES string of the molecule is COc1ccc(Cl)cc1-c1cc(NC(=O)c2ccccc2)c(C(=O)N=C(N)N)o1. The molecule has 9 heteroatoms. The monoisotopic (exact) mass is 412 g/mol. The number of carbonyl (C=O) groups is 2. The van der Waals surface area contributed by atoms with E-state index in [1.165, 1.54) is 13.2 Å². The third-order valence-electron chi connectivity index (χ3n) is 3.87. The fraction of sp³-hybridized carbons (Fsp3) is 0.0500. The number of carbonyl (C=O) groups excluding carboxylic acids is 2. The lowest BCUT2D eigenvalue weighted by atomic mass is 10.1. The van der Waals surface area contributed by atoms with Gasteiger partial charge in [-0.15, -0.1) is 0 Å². The lowest BCUT2D eigenvalue weighted by Crippen LogP contribution is -2.24. The molecule has 0 saturated heterocycles. The van der Waals surface area contributed by atoms with Crippen LogP contribution < -0.4 is 21.5 Å². The second-order valence-electron chi connectivity index (χ2n) is 5.86. The van der Waals surface area contributed by atoms with E-state index in [0.29, 0.717) is 21.9 Å². The first kappa shape index (κ1) is 20.0. The third-order valence-corrected chi connectivity index (χ3v) is 4.10. The van der Waals surface area contributed by atoms with Gasteiger partial charge in [-0.25, -0.2) is 0 Å². The van der Waals surface area contributed by atoms with Crippen LogP contribution >= 0.6 is 11.6 Å². The smallest absolute Gasteiger partial charge is 0.318 e. The number of halogens is 1. The molecule has 2 amide bonds. The second-order valence-corrected chi connectivity index (χ2v) is 6.30. The highest BCUT2D eigenvalue weighted by Gasteiger charge is 2.23. The van der Waals surface area contributed by atoms with E-state index in [1.54, 1.807) is 48.5 Å². The number of hydrogen-bond acceptors (Lipinski definition) is 4. The van der Waals surface area contributed by atoms with Crippen molar-refractivity contribution in [3.05, 3.63) is 70.9 Å². The number of furan rings is 1. The largest absolute Gasteiger partial charge is 0.496 e. The average molecular weight is 413 g/mol. The molecule has 3 rings (SSSR count). The molecule has 1 aromatic heterocycles. The molecule has 5 N–H and O–H groups in total. The molecule has 29 heavy (non-hydrogen) atoms. The Hall–Kier alpha value is -3.78. The van der Waals surface area contributed by atoms with Crippen molar-refractivity contribution in [2.75, 3.05) is 12.4 Å². The molecule has 0 fully saturated rings. The molecule has 148 valence electrons. The molecule has 0 bridgehead atoms. The van der Waals surface area contributed by atoms with Crippen LogP contribution in [0.3, 0.4) is 0 Å². The number of hydrogen-bond donors (Lipinski definition) is 3. The Bertz CT molecular complexity index is 1090. The molecule has 0 atom stereocenters. The van der Waals surface area contributed by atoms with Crippen LogP contribution in [0.25, 0.3) is 11.3 Å². The molecule has 0 aliphatic rings. The number of anilines is 1. The predicted molar refractivity (Wildman–Crippen MR) is 110 cm³/mol. The first-order chi connectivity index (χ1) is 13.9. The molecular weight excluding hydrogens is 396 g/mol. The molecule has 0 saturated carbocycles. The van der Waals surface area contributed by atoms with Crippen LogP contribution in [-0.2, 0) is 0 Å². The number of nitrogens with two attached hydrogens (primary N) is 2. The first-order valence-corrected chi connectivity index (χ1v) is 8.75. The number of nitrogens with zero attached hydrogens (tertiary/aromatic N) is 1. The fourth-order valence-corrected chi connectivity index (χ4v) is 2.77. The highest BCUT2D eigenvalue weighted by atomic mass is 35.5. The number of ether oxygens (including phenoxy) is 1. The van der Waals surface area contributed by atoms with Gasteiger partial charge in [0.25, 0.3) is 5.91 Å². The van der Waals surface area contributed by atoms with Crippen molar-refractivity contribution in [1.82, 2.24) is 0 Å². The van der Waals surface area contributed by atoms with Crippen LogP contribution in [0.4, 0.5) is 5.69 Å². The van der Waals surface area contributed by atoms with Gasteiger partial charge in [0.2, 0.25) is 5.76 Å². The highest BCUT2D eigenvalue weighted by Crippen LogP contribution is 2.37. The molecule has 0 spiro atoms. The van der Waals surface area contributed by atoms with E-state index in [0.717, 1.165) is 0 Å². The summed E-state index contributed by atoms with van der Waals surface area (Å²) in [6.07, 6.45) is 0. The van der Waals surface area contributed by atoms with E-state index in [9.17, 15) is 9.59 Å². The fourth-order valence-electron chi connectivity index (χ4n) is 2.60. The minimum absolute atomic E-state index is 0.103. The summed E-state index contributed by atoms with van der Waals surface area (Å²) in [5, 5.41) is 3.08. The minimum Gasteiger partial charge on any atom is -0.496 e. The number of methoxy groups -OCH3 is 1. The highest BCUT2D eigenvalue weighted by molar-refractivity contribution is 6.31. The Kier molecular flexibility index (Phi) is 5.85. The van der Waals surface area contributed by atoms with Gasteiger partial charge in [0.15, 0.2) is 5.96 Å². The summed E-state index contributed by atoms with van der Waals surface area (Å²) in [7, 11) is 1.49. The van der Waals surface area contributed by atoms with Gasteiger partial charge in [-0.05, 0) is 30.3 Å². The Morgan fingerprint density at radius 1 is 1.10 bits per heavy atom. The van der Waals surface area contributed by atoms with Crippen molar-refractivity contribution in [3.8, 4) is 17.1 Å². The Labute approximate surface area is 171 Å². The van der Waals surface area contributed by atoms with Gasteiger partial charge < -0.3 is 25.9 Å². The Balaban J connectivity index is 2.07. The van der Waals surface area contributed by atoms with Crippen LogP contribution in [-0.4, -0.2) is 24.9 Å². The van der Waals surface area contributed by atoms with Crippen LogP contribution in [0.2, 0.25) is 5.02 Å². The summed E-state index contributed by atoms with van der Waals surface area (Å²) < 4.78 is 11.0. The number of amides is 2. The topological polar surface area (TPSA) is 133 Å². The number of guanidine groups is 1. The van der Waals surface area contributed by atoms with Crippen molar-refractivity contribution >= 4 is 35.1 Å². The normalized spacial score (nSPS) is 10.3. The van der Waals surface area contributed by atoms with Gasteiger partial charge in [0, 0.05) is 16.7 Å². The third kappa shape index (κ3) is 4.56. The predicted octanol–water partition coefficient (Wildman–Crippen LogP) is 3.27. The second kappa shape index (κ2) is 8.49. The van der Waals surface area contributed by atoms with Crippen molar-refractivity contribution < 1.29 is 18.7 Å². The maximum absolute atomic E-state index is 12.5. The molecule has 0 aliphatic carbocycles. The summed E-state index contributed by atoms with van der Waals surface area (Å²) in [5.41, 5.74) is 11.6. The maximum atomic E-state index is 12.5. The standard InChI is InChI=1S/C20H17ClN4O4/c1-28-15-8-7-12(21)9-13(15)16-10-14(17(29-16)19(27)25-20(22)23)24-18(26)11-5-3-2-4-6-11/h2-10H,1H3,(H,24,26)(H4,22,23,25,27). The average Bonchev–Trinajstić information content (AvgIpc) is 3.12. The van der Waals surface area contributed by atoms with E-state index in [-0.39, 0.29) is 17.2 Å². The molecule has 0 unspecified atom stereocenters. The van der Waals surface area contributed by atoms with Crippen molar-refractivity contribution in [2.24, 2.45) is 16.5 Å². The summed E-state index contributed by atoms with van der Waals surface area (Å²) in [6, 6.07) is 14.9. The van der Waals surface area contributed by atoms with Crippen molar-refractivity contribution in [3.63, 3.8) is 0 Å². The Morgan fingerprint density at radius 3 is 2.48 bits per heavy atom. The van der Waals surface area contributed by atoms with Crippen LogP contribution in [0.5, 0.6) is 5.75 Å². The zero-order chi connectivity index (χ0) is 21.0. The molecule has 8 nitrogen and oxygen atoms in total. The van der Waals surface area contributed by atoms with Crippen LogP contribution in [0, 0.1) is 0 Å². The van der Waals surface area contributed by atoms with E-state index in [2.05, 4.69) is 10.3 Å². The van der Waals surface area contributed by atoms with Crippen molar-refractivity contribution in [2.45, 2.75) is 0 Å². The van der Waals surface area contributed by atoms with Gasteiger partial charge in [0.1, 0.15) is 11.5 Å². The van der Waals surface area contributed by atoms with Crippen molar-refractivity contribution in [1.29, 1.82) is 0 Å². The van der Waals surface area contributed by atoms with Gasteiger partial charge in [-0.3, -0.25) is 9.59 Å². The lowest BCUT2D eigenvalue weighted by Gasteiger charge is -2.06. The molecule has 2 aromatic carbocycles. The molecule has 3 aromatic rings. The zero-order valence-electron chi connectivity index (χ0n) is 15.3. The summed E-state index contributed by atoms with van der Waals surface area (Å²) in [4.78, 5) is 28.4. The first-order valence-electron chi connectivity index (χ1n) is 8.37. The van der Waals surface area contributed by atoms with Crippen LogP contribution in [0.1, 0.15) is 20.9 Å². The van der Waals surface area contributed by atoms with Gasteiger partial charge in [0.05, 0.1) is 18.4 Å². The number of nitrogens with one attached hydrogen (secondary N) is 1. The Morgan fingerprint density at radius 2 is 1.83 bits per heavy atom. The van der Waals surface area contributed by atoms with E-state index >= 15 is 0 Å².